The molecule has 22 heavy (non-hydrogen) atoms. The van der Waals surface area contributed by atoms with Crippen LogP contribution in [0.15, 0.2) is 47.8 Å². The van der Waals surface area contributed by atoms with E-state index < -0.39 is 0 Å². The highest BCUT2D eigenvalue weighted by atomic mass is 32.1. The molecule has 1 N–H and O–H groups in total. The Labute approximate surface area is 133 Å². The van der Waals surface area contributed by atoms with Gasteiger partial charge in [0.05, 0.1) is 5.69 Å². The first kappa shape index (κ1) is 13.5. The molecule has 3 aromatic rings. The van der Waals surface area contributed by atoms with E-state index in [1.54, 1.807) is 0 Å². The second-order valence-corrected chi connectivity index (χ2v) is 6.54. The summed E-state index contributed by atoms with van der Waals surface area (Å²) in [5.41, 5.74) is 2.03. The summed E-state index contributed by atoms with van der Waals surface area (Å²) in [5, 5.41) is 8.05. The molecule has 0 unspecified atom stereocenters. The van der Waals surface area contributed by atoms with E-state index in [9.17, 15) is 4.79 Å². The summed E-state index contributed by atoms with van der Waals surface area (Å²) < 4.78 is 0. The second-order valence-electron chi connectivity index (χ2n) is 5.68. The van der Waals surface area contributed by atoms with Crippen molar-refractivity contribution in [3.63, 3.8) is 0 Å². The van der Waals surface area contributed by atoms with E-state index in [1.807, 2.05) is 23.6 Å². The first-order chi connectivity index (χ1) is 10.8. The van der Waals surface area contributed by atoms with E-state index in [-0.39, 0.29) is 11.8 Å². The van der Waals surface area contributed by atoms with Gasteiger partial charge in [-0.15, -0.1) is 11.3 Å². The number of amides is 1. The van der Waals surface area contributed by atoms with E-state index in [2.05, 4.69) is 34.6 Å². The van der Waals surface area contributed by atoms with Crippen molar-refractivity contribution in [3.05, 3.63) is 47.8 Å². The molecule has 1 aliphatic carbocycles. The molecule has 1 aromatic heterocycles. The molecule has 0 saturated heterocycles. The maximum Gasteiger partial charge on any atom is 0.229 e. The number of nitrogens with one attached hydrogen (secondary N) is 1. The number of aromatic nitrogens is 1. The summed E-state index contributed by atoms with van der Waals surface area (Å²) in [6, 6.07) is 14.5. The van der Waals surface area contributed by atoms with Crippen LogP contribution in [0.2, 0.25) is 0 Å². The SMILES string of the molecule is O=C(Nc1nc(-c2cccc3ccccc23)cs1)C1CCC1. The van der Waals surface area contributed by atoms with Crippen LogP contribution >= 0.6 is 11.3 Å². The molecule has 0 radical (unpaired) electrons. The van der Waals surface area contributed by atoms with Crippen LogP contribution in [0.3, 0.4) is 0 Å². The normalized spacial score (nSPS) is 14.7. The number of fused-ring (bicyclic) bond motifs is 1. The lowest BCUT2D eigenvalue weighted by atomic mass is 9.85. The molecule has 0 bridgehead atoms. The van der Waals surface area contributed by atoms with Crippen molar-refractivity contribution in [2.75, 3.05) is 5.32 Å². The lowest BCUT2D eigenvalue weighted by Gasteiger charge is -2.23. The zero-order valence-corrected chi connectivity index (χ0v) is 12.9. The molecule has 1 aliphatic rings. The Morgan fingerprint density at radius 3 is 2.77 bits per heavy atom. The fourth-order valence-electron chi connectivity index (χ4n) is 2.78. The fourth-order valence-corrected chi connectivity index (χ4v) is 3.50. The van der Waals surface area contributed by atoms with Crippen LogP contribution in [0.1, 0.15) is 19.3 Å². The minimum atomic E-state index is 0.116. The number of hydrogen-bond acceptors (Lipinski definition) is 3. The van der Waals surface area contributed by atoms with E-state index in [0.717, 1.165) is 30.5 Å². The number of carbonyl (C=O) groups excluding carboxylic acids is 1. The summed E-state index contributed by atoms with van der Waals surface area (Å²) in [4.78, 5) is 16.6. The second kappa shape index (κ2) is 5.54. The maximum atomic E-state index is 12.0. The number of hydrogen-bond donors (Lipinski definition) is 1. The summed E-state index contributed by atoms with van der Waals surface area (Å²) in [7, 11) is 0. The molecular formula is C18H16N2OS. The van der Waals surface area contributed by atoms with Gasteiger partial charge < -0.3 is 5.32 Å². The summed E-state index contributed by atoms with van der Waals surface area (Å²) in [6.45, 7) is 0. The van der Waals surface area contributed by atoms with Crippen molar-refractivity contribution >= 4 is 33.1 Å². The fraction of sp³-hybridized carbons (Fsp3) is 0.222. The zero-order chi connectivity index (χ0) is 14.9. The molecule has 1 amide bonds. The first-order valence-corrected chi connectivity index (χ1v) is 8.44. The van der Waals surface area contributed by atoms with Crippen LogP contribution in [-0.2, 0) is 4.79 Å². The van der Waals surface area contributed by atoms with Crippen molar-refractivity contribution in [3.8, 4) is 11.3 Å². The average molecular weight is 308 g/mol. The molecular weight excluding hydrogens is 292 g/mol. The highest BCUT2D eigenvalue weighted by molar-refractivity contribution is 7.14. The minimum absolute atomic E-state index is 0.116. The third-order valence-corrected chi connectivity index (χ3v) is 5.03. The summed E-state index contributed by atoms with van der Waals surface area (Å²) >= 11 is 1.49. The molecule has 4 rings (SSSR count). The van der Waals surface area contributed by atoms with Crippen molar-refractivity contribution in [1.29, 1.82) is 0 Å². The van der Waals surface area contributed by atoms with Crippen molar-refractivity contribution in [1.82, 2.24) is 4.98 Å². The highest BCUT2D eigenvalue weighted by Gasteiger charge is 2.25. The van der Waals surface area contributed by atoms with Gasteiger partial charge in [0, 0.05) is 16.9 Å². The van der Waals surface area contributed by atoms with Gasteiger partial charge in [-0.3, -0.25) is 4.79 Å². The Hall–Kier alpha value is -2.20. The molecule has 3 nitrogen and oxygen atoms in total. The Bertz CT molecular complexity index is 830. The van der Waals surface area contributed by atoms with Crippen LogP contribution in [0, 0.1) is 5.92 Å². The monoisotopic (exact) mass is 308 g/mol. The molecule has 1 saturated carbocycles. The molecule has 2 aromatic carbocycles. The Morgan fingerprint density at radius 1 is 1.14 bits per heavy atom. The maximum absolute atomic E-state index is 12.0. The third kappa shape index (κ3) is 2.40. The van der Waals surface area contributed by atoms with Crippen LogP contribution in [0.25, 0.3) is 22.0 Å². The Balaban J connectivity index is 1.64. The van der Waals surface area contributed by atoms with Crippen molar-refractivity contribution < 1.29 is 4.79 Å². The minimum Gasteiger partial charge on any atom is -0.302 e. The van der Waals surface area contributed by atoms with Gasteiger partial charge in [-0.25, -0.2) is 4.98 Å². The predicted octanol–water partition coefficient (Wildman–Crippen LogP) is 4.70. The molecule has 1 fully saturated rings. The van der Waals surface area contributed by atoms with Gasteiger partial charge in [0.15, 0.2) is 5.13 Å². The van der Waals surface area contributed by atoms with Gasteiger partial charge in [0.1, 0.15) is 0 Å². The van der Waals surface area contributed by atoms with Gasteiger partial charge in [-0.1, -0.05) is 48.9 Å². The summed E-state index contributed by atoms with van der Waals surface area (Å²) in [5.74, 6) is 0.301. The Kier molecular flexibility index (Phi) is 3.39. The van der Waals surface area contributed by atoms with Gasteiger partial charge in [0.25, 0.3) is 0 Å². The number of rotatable bonds is 3. The predicted molar refractivity (Wildman–Crippen MR) is 91.0 cm³/mol. The van der Waals surface area contributed by atoms with Crippen LogP contribution in [0.5, 0.6) is 0 Å². The largest absolute Gasteiger partial charge is 0.302 e. The quantitative estimate of drug-likeness (QED) is 0.762. The van der Waals surface area contributed by atoms with E-state index in [0.29, 0.717) is 5.13 Å². The molecule has 110 valence electrons. The summed E-state index contributed by atoms with van der Waals surface area (Å²) in [6.07, 6.45) is 3.18. The lowest BCUT2D eigenvalue weighted by Crippen LogP contribution is -2.27. The molecule has 0 aliphatic heterocycles. The molecule has 4 heteroatoms. The number of thiazole rings is 1. The standard InChI is InChI=1S/C18H16N2OS/c21-17(13-7-3-8-13)20-18-19-16(11-22-18)15-10-4-6-12-5-1-2-9-14(12)15/h1-2,4-6,9-11,13H,3,7-8H2,(H,19,20,21). The number of anilines is 1. The first-order valence-electron chi connectivity index (χ1n) is 7.56. The lowest BCUT2D eigenvalue weighted by molar-refractivity contribution is -0.122. The van der Waals surface area contributed by atoms with Gasteiger partial charge in [-0.05, 0) is 23.6 Å². The van der Waals surface area contributed by atoms with Crippen molar-refractivity contribution in [2.24, 2.45) is 5.92 Å². The van der Waals surface area contributed by atoms with Crippen LogP contribution in [-0.4, -0.2) is 10.9 Å². The van der Waals surface area contributed by atoms with Gasteiger partial charge in [-0.2, -0.15) is 0 Å². The number of benzene rings is 2. The van der Waals surface area contributed by atoms with E-state index in [1.165, 1.54) is 22.1 Å². The van der Waals surface area contributed by atoms with Crippen molar-refractivity contribution in [2.45, 2.75) is 19.3 Å². The molecule has 0 atom stereocenters. The Morgan fingerprint density at radius 2 is 1.95 bits per heavy atom. The molecule has 1 heterocycles. The third-order valence-electron chi connectivity index (χ3n) is 4.28. The van der Waals surface area contributed by atoms with Gasteiger partial charge in [0.2, 0.25) is 5.91 Å². The number of carbonyl (C=O) groups is 1. The average Bonchev–Trinajstić information content (AvgIpc) is 2.93. The molecule has 0 spiro atoms. The smallest absolute Gasteiger partial charge is 0.229 e. The van der Waals surface area contributed by atoms with E-state index >= 15 is 0 Å². The highest BCUT2D eigenvalue weighted by Crippen LogP contribution is 2.32. The van der Waals surface area contributed by atoms with Gasteiger partial charge >= 0.3 is 0 Å². The zero-order valence-electron chi connectivity index (χ0n) is 12.1. The topological polar surface area (TPSA) is 42.0 Å². The van der Waals surface area contributed by atoms with Crippen LogP contribution in [0.4, 0.5) is 5.13 Å². The van der Waals surface area contributed by atoms with E-state index in [4.69, 9.17) is 0 Å². The van der Waals surface area contributed by atoms with Crippen LogP contribution < -0.4 is 5.32 Å². The number of nitrogens with zero attached hydrogens (tertiary/aromatic N) is 1.